The molecule has 0 saturated heterocycles. The number of carbonyl (C=O) groups is 1. The second-order valence-corrected chi connectivity index (χ2v) is 7.84. The summed E-state index contributed by atoms with van der Waals surface area (Å²) in [5.74, 6) is 0. The van der Waals surface area contributed by atoms with Crippen LogP contribution in [0.15, 0.2) is 16.8 Å². The number of rotatable bonds is 7. The molecule has 0 saturated carbocycles. The standard InChI is InChI=1S/C16H29N3O2S/c1-12(15(2,3)11-19(5)6)18-14(20)17-10-16(4,21)13-7-8-22-9-13/h7-9,12,21H,10-11H2,1-6H3,(H2,17,18,20). The zero-order chi connectivity index (χ0) is 17.0. The smallest absolute Gasteiger partial charge is 0.315 e. The van der Waals surface area contributed by atoms with Gasteiger partial charge < -0.3 is 20.6 Å². The summed E-state index contributed by atoms with van der Waals surface area (Å²) >= 11 is 1.53. The van der Waals surface area contributed by atoms with Crippen LogP contribution in [-0.4, -0.2) is 49.3 Å². The molecule has 0 aromatic carbocycles. The number of carbonyl (C=O) groups excluding carboxylic acids is 1. The highest BCUT2D eigenvalue weighted by molar-refractivity contribution is 7.08. The van der Waals surface area contributed by atoms with Crippen LogP contribution >= 0.6 is 11.3 Å². The zero-order valence-electron chi connectivity index (χ0n) is 14.4. The van der Waals surface area contributed by atoms with Crippen LogP contribution in [0.2, 0.25) is 0 Å². The van der Waals surface area contributed by atoms with E-state index in [9.17, 15) is 9.90 Å². The van der Waals surface area contributed by atoms with Gasteiger partial charge in [0.25, 0.3) is 0 Å². The Hall–Kier alpha value is -1.11. The monoisotopic (exact) mass is 327 g/mol. The van der Waals surface area contributed by atoms with Crippen LogP contribution in [0, 0.1) is 5.41 Å². The number of thiophene rings is 1. The number of nitrogens with zero attached hydrogens (tertiary/aromatic N) is 1. The topological polar surface area (TPSA) is 64.6 Å². The molecule has 22 heavy (non-hydrogen) atoms. The van der Waals surface area contributed by atoms with Crippen LogP contribution < -0.4 is 10.6 Å². The van der Waals surface area contributed by atoms with Gasteiger partial charge >= 0.3 is 6.03 Å². The van der Waals surface area contributed by atoms with Gasteiger partial charge in [-0.2, -0.15) is 11.3 Å². The fourth-order valence-corrected chi connectivity index (χ4v) is 3.10. The maximum atomic E-state index is 12.1. The number of aliphatic hydroxyl groups is 1. The van der Waals surface area contributed by atoms with Crippen molar-refractivity contribution in [2.45, 2.75) is 39.3 Å². The van der Waals surface area contributed by atoms with Crippen LogP contribution in [0.25, 0.3) is 0 Å². The minimum absolute atomic E-state index is 0.0148. The summed E-state index contributed by atoms with van der Waals surface area (Å²) in [4.78, 5) is 14.2. The maximum Gasteiger partial charge on any atom is 0.315 e. The van der Waals surface area contributed by atoms with E-state index in [0.717, 1.165) is 12.1 Å². The van der Waals surface area contributed by atoms with Crippen molar-refractivity contribution in [3.05, 3.63) is 22.4 Å². The Balaban J connectivity index is 2.49. The number of hydrogen-bond acceptors (Lipinski definition) is 4. The fourth-order valence-electron chi connectivity index (χ4n) is 2.32. The Morgan fingerprint density at radius 3 is 2.55 bits per heavy atom. The molecule has 0 radical (unpaired) electrons. The molecule has 0 spiro atoms. The third kappa shape index (κ3) is 5.59. The molecule has 2 atom stereocenters. The normalized spacial score (nSPS) is 16.2. The molecule has 2 amide bonds. The van der Waals surface area contributed by atoms with Gasteiger partial charge in [-0.05, 0) is 55.7 Å². The summed E-state index contributed by atoms with van der Waals surface area (Å²) in [6.45, 7) is 9.01. The van der Waals surface area contributed by atoms with E-state index in [1.165, 1.54) is 11.3 Å². The first-order chi connectivity index (χ1) is 10.0. The summed E-state index contributed by atoms with van der Waals surface area (Å²) in [6, 6.07) is 1.63. The third-order valence-corrected chi connectivity index (χ3v) is 4.66. The molecule has 1 aromatic rings. The Labute approximate surface area is 137 Å². The SMILES string of the molecule is CC(NC(=O)NCC(C)(O)c1ccsc1)C(C)(C)CN(C)C. The quantitative estimate of drug-likeness (QED) is 0.719. The molecule has 1 heterocycles. The molecule has 1 aromatic heterocycles. The lowest BCUT2D eigenvalue weighted by Gasteiger charge is -2.35. The van der Waals surface area contributed by atoms with E-state index in [-0.39, 0.29) is 24.0 Å². The molecule has 3 N–H and O–H groups in total. The van der Waals surface area contributed by atoms with Crippen molar-refractivity contribution >= 4 is 17.4 Å². The number of amides is 2. The first-order valence-corrected chi connectivity index (χ1v) is 8.43. The molecule has 0 bridgehead atoms. The molecular formula is C16H29N3O2S. The van der Waals surface area contributed by atoms with E-state index in [1.807, 2.05) is 37.8 Å². The average Bonchev–Trinajstić information content (AvgIpc) is 2.89. The van der Waals surface area contributed by atoms with Gasteiger partial charge in [-0.1, -0.05) is 13.8 Å². The van der Waals surface area contributed by atoms with Crippen LogP contribution in [0.1, 0.15) is 33.3 Å². The van der Waals surface area contributed by atoms with E-state index in [2.05, 4.69) is 29.4 Å². The highest BCUT2D eigenvalue weighted by atomic mass is 32.1. The summed E-state index contributed by atoms with van der Waals surface area (Å²) < 4.78 is 0. The van der Waals surface area contributed by atoms with Crippen molar-refractivity contribution in [1.29, 1.82) is 0 Å². The molecule has 126 valence electrons. The lowest BCUT2D eigenvalue weighted by atomic mass is 9.85. The van der Waals surface area contributed by atoms with Crippen molar-refractivity contribution in [3.63, 3.8) is 0 Å². The summed E-state index contributed by atoms with van der Waals surface area (Å²) in [6.07, 6.45) is 0. The van der Waals surface area contributed by atoms with Crippen molar-refractivity contribution in [2.24, 2.45) is 5.41 Å². The number of nitrogens with one attached hydrogen (secondary N) is 2. The molecular weight excluding hydrogens is 298 g/mol. The predicted octanol–water partition coefficient (Wildman–Crippen LogP) is 2.23. The molecule has 6 heteroatoms. The van der Waals surface area contributed by atoms with Gasteiger partial charge in [0.2, 0.25) is 0 Å². The van der Waals surface area contributed by atoms with E-state index in [0.29, 0.717) is 0 Å². The van der Waals surface area contributed by atoms with Crippen molar-refractivity contribution in [2.75, 3.05) is 27.2 Å². The molecule has 2 unspecified atom stereocenters. The van der Waals surface area contributed by atoms with Gasteiger partial charge in [0.15, 0.2) is 0 Å². The van der Waals surface area contributed by atoms with Gasteiger partial charge in [-0.25, -0.2) is 4.79 Å². The molecule has 1 rings (SSSR count). The van der Waals surface area contributed by atoms with Crippen molar-refractivity contribution in [3.8, 4) is 0 Å². The fraction of sp³-hybridized carbons (Fsp3) is 0.688. The van der Waals surface area contributed by atoms with Gasteiger partial charge in [-0.15, -0.1) is 0 Å². The van der Waals surface area contributed by atoms with Crippen LogP contribution in [-0.2, 0) is 5.60 Å². The molecule has 0 aliphatic carbocycles. The van der Waals surface area contributed by atoms with Gasteiger partial charge in [0.05, 0.1) is 6.54 Å². The Bertz CT molecular complexity index is 470. The minimum Gasteiger partial charge on any atom is -0.384 e. The van der Waals surface area contributed by atoms with Crippen LogP contribution in [0.5, 0.6) is 0 Å². The highest BCUT2D eigenvalue weighted by Crippen LogP contribution is 2.23. The van der Waals surface area contributed by atoms with E-state index >= 15 is 0 Å². The highest BCUT2D eigenvalue weighted by Gasteiger charge is 2.29. The summed E-state index contributed by atoms with van der Waals surface area (Å²) in [5, 5.41) is 19.9. The molecule has 0 aliphatic heterocycles. The first-order valence-electron chi connectivity index (χ1n) is 7.49. The largest absolute Gasteiger partial charge is 0.384 e. The van der Waals surface area contributed by atoms with Gasteiger partial charge in [-0.3, -0.25) is 0 Å². The third-order valence-electron chi connectivity index (χ3n) is 3.98. The van der Waals surface area contributed by atoms with Crippen LogP contribution in [0.4, 0.5) is 4.79 Å². The predicted molar refractivity (Wildman–Crippen MR) is 92.2 cm³/mol. The maximum absolute atomic E-state index is 12.1. The first kappa shape index (κ1) is 18.9. The van der Waals surface area contributed by atoms with Gasteiger partial charge in [0.1, 0.15) is 5.60 Å². The van der Waals surface area contributed by atoms with E-state index in [4.69, 9.17) is 0 Å². The van der Waals surface area contributed by atoms with E-state index in [1.54, 1.807) is 6.92 Å². The summed E-state index contributed by atoms with van der Waals surface area (Å²) in [5.41, 5.74) is -0.282. The summed E-state index contributed by atoms with van der Waals surface area (Å²) in [7, 11) is 4.04. The zero-order valence-corrected chi connectivity index (χ0v) is 15.3. The second kappa shape index (κ2) is 7.44. The van der Waals surface area contributed by atoms with E-state index < -0.39 is 5.60 Å². The Morgan fingerprint density at radius 2 is 2.05 bits per heavy atom. The number of urea groups is 1. The number of hydrogen-bond donors (Lipinski definition) is 3. The lowest BCUT2D eigenvalue weighted by Crippen LogP contribution is -2.52. The van der Waals surface area contributed by atoms with Crippen LogP contribution in [0.3, 0.4) is 0 Å². The van der Waals surface area contributed by atoms with Crippen molar-refractivity contribution in [1.82, 2.24) is 15.5 Å². The van der Waals surface area contributed by atoms with Crippen molar-refractivity contribution < 1.29 is 9.90 Å². The lowest BCUT2D eigenvalue weighted by molar-refractivity contribution is 0.0594. The Morgan fingerprint density at radius 1 is 1.41 bits per heavy atom. The molecule has 0 aliphatic rings. The second-order valence-electron chi connectivity index (χ2n) is 7.06. The minimum atomic E-state index is -1.06. The molecule has 5 nitrogen and oxygen atoms in total. The Kier molecular flexibility index (Phi) is 6.40. The average molecular weight is 327 g/mol. The molecule has 0 fully saturated rings. The van der Waals surface area contributed by atoms with Gasteiger partial charge in [0, 0.05) is 12.6 Å².